The van der Waals surface area contributed by atoms with Gasteiger partial charge < -0.3 is 9.32 Å². The summed E-state index contributed by atoms with van der Waals surface area (Å²) in [6, 6.07) is 21.9. The maximum atomic E-state index is 12.7. The molecule has 1 saturated heterocycles. The van der Waals surface area contributed by atoms with E-state index < -0.39 is 5.76 Å². The SMILES string of the molecule is CC(=O)c1ccc(N2CCN(Cn3c(=O)oc4cc(C(=O)c5ccccc5)ccc43)CC2)cc1. The van der Waals surface area contributed by atoms with Crippen molar-refractivity contribution in [3.8, 4) is 0 Å². The molecule has 0 amide bonds. The molecule has 7 nitrogen and oxygen atoms in total. The van der Waals surface area contributed by atoms with Crippen molar-refractivity contribution in [1.29, 1.82) is 0 Å². The summed E-state index contributed by atoms with van der Waals surface area (Å²) in [6.07, 6.45) is 0. The molecule has 0 atom stereocenters. The van der Waals surface area contributed by atoms with Gasteiger partial charge in [-0.25, -0.2) is 4.79 Å². The lowest BCUT2D eigenvalue weighted by atomic mass is 10.0. The third-order valence-electron chi connectivity index (χ3n) is 6.32. The van der Waals surface area contributed by atoms with Crippen molar-refractivity contribution in [3.63, 3.8) is 0 Å². The molecule has 34 heavy (non-hydrogen) atoms. The second-order valence-corrected chi connectivity index (χ2v) is 8.52. The van der Waals surface area contributed by atoms with Crippen molar-refractivity contribution in [3.05, 3.63) is 100 Å². The summed E-state index contributed by atoms with van der Waals surface area (Å²) < 4.78 is 7.09. The number of piperazine rings is 1. The second kappa shape index (κ2) is 9.11. The van der Waals surface area contributed by atoms with Gasteiger partial charge in [0, 0.05) is 48.6 Å². The van der Waals surface area contributed by atoms with Crippen LogP contribution in [-0.4, -0.2) is 47.2 Å². The van der Waals surface area contributed by atoms with Gasteiger partial charge in [-0.3, -0.25) is 19.1 Å². The zero-order chi connectivity index (χ0) is 23.7. The second-order valence-electron chi connectivity index (χ2n) is 8.52. The number of benzene rings is 3. The molecule has 1 aliphatic heterocycles. The van der Waals surface area contributed by atoms with Crippen molar-refractivity contribution in [2.24, 2.45) is 0 Å². The van der Waals surface area contributed by atoms with Crippen LogP contribution >= 0.6 is 0 Å². The van der Waals surface area contributed by atoms with Gasteiger partial charge in [-0.2, -0.15) is 0 Å². The van der Waals surface area contributed by atoms with Gasteiger partial charge in [0.2, 0.25) is 0 Å². The summed E-state index contributed by atoms with van der Waals surface area (Å²) in [6.45, 7) is 5.21. The van der Waals surface area contributed by atoms with Crippen LogP contribution in [-0.2, 0) is 6.67 Å². The number of hydrogen-bond donors (Lipinski definition) is 0. The van der Waals surface area contributed by atoms with E-state index >= 15 is 0 Å². The van der Waals surface area contributed by atoms with Crippen LogP contribution < -0.4 is 10.7 Å². The molecule has 0 saturated carbocycles. The molecule has 4 aromatic rings. The third-order valence-corrected chi connectivity index (χ3v) is 6.32. The van der Waals surface area contributed by atoms with Crippen LogP contribution in [0.3, 0.4) is 0 Å². The molecule has 3 aromatic carbocycles. The zero-order valence-corrected chi connectivity index (χ0v) is 18.9. The zero-order valence-electron chi connectivity index (χ0n) is 18.9. The van der Waals surface area contributed by atoms with Crippen LogP contribution in [0.4, 0.5) is 5.69 Å². The Kier molecular flexibility index (Phi) is 5.86. The Labute approximate surface area is 196 Å². The number of hydrogen-bond acceptors (Lipinski definition) is 6. The predicted molar refractivity (Wildman–Crippen MR) is 131 cm³/mol. The van der Waals surface area contributed by atoms with E-state index in [9.17, 15) is 14.4 Å². The quantitative estimate of drug-likeness (QED) is 0.412. The van der Waals surface area contributed by atoms with Gasteiger partial charge in [0.05, 0.1) is 12.2 Å². The summed E-state index contributed by atoms with van der Waals surface area (Å²) in [7, 11) is 0. The first-order valence-corrected chi connectivity index (χ1v) is 11.3. The van der Waals surface area contributed by atoms with E-state index in [0.29, 0.717) is 34.5 Å². The smallest absolute Gasteiger partial charge is 0.408 e. The minimum absolute atomic E-state index is 0.0608. The van der Waals surface area contributed by atoms with E-state index in [-0.39, 0.29) is 11.6 Å². The van der Waals surface area contributed by atoms with Gasteiger partial charge in [-0.05, 0) is 49.4 Å². The molecule has 0 radical (unpaired) electrons. The topological polar surface area (TPSA) is 75.8 Å². The van der Waals surface area contributed by atoms with Crippen molar-refractivity contribution < 1.29 is 14.0 Å². The number of ketones is 2. The molecule has 0 unspecified atom stereocenters. The first kappa shape index (κ1) is 21.9. The van der Waals surface area contributed by atoms with Gasteiger partial charge in [-0.1, -0.05) is 30.3 Å². The molecule has 2 heterocycles. The van der Waals surface area contributed by atoms with E-state index in [4.69, 9.17) is 4.42 Å². The number of anilines is 1. The lowest BCUT2D eigenvalue weighted by Crippen LogP contribution is -2.47. The largest absolute Gasteiger partial charge is 0.421 e. The molecule has 0 aliphatic carbocycles. The number of nitrogens with zero attached hydrogens (tertiary/aromatic N) is 3. The molecule has 172 valence electrons. The molecular weight excluding hydrogens is 430 g/mol. The van der Waals surface area contributed by atoms with Crippen LogP contribution in [0.1, 0.15) is 33.2 Å². The maximum absolute atomic E-state index is 12.7. The predicted octanol–water partition coefficient (Wildman–Crippen LogP) is 3.81. The van der Waals surface area contributed by atoms with Gasteiger partial charge in [-0.15, -0.1) is 0 Å². The van der Waals surface area contributed by atoms with Crippen molar-refractivity contribution in [2.75, 3.05) is 31.1 Å². The number of rotatable bonds is 6. The first-order valence-electron chi connectivity index (χ1n) is 11.3. The van der Waals surface area contributed by atoms with Crippen LogP contribution in [0.5, 0.6) is 0 Å². The highest BCUT2D eigenvalue weighted by Crippen LogP contribution is 2.20. The van der Waals surface area contributed by atoms with Crippen LogP contribution in [0.15, 0.2) is 82.0 Å². The highest BCUT2D eigenvalue weighted by Gasteiger charge is 2.20. The van der Waals surface area contributed by atoms with Gasteiger partial charge in [0.1, 0.15) is 0 Å². The summed E-state index contributed by atoms with van der Waals surface area (Å²) in [5, 5.41) is 0. The summed E-state index contributed by atoms with van der Waals surface area (Å²) >= 11 is 0. The normalized spacial score (nSPS) is 14.4. The van der Waals surface area contributed by atoms with Crippen molar-refractivity contribution in [2.45, 2.75) is 13.6 Å². The number of Topliss-reactive ketones (excluding diaryl/α,β-unsaturated/α-hetero) is 1. The van der Waals surface area contributed by atoms with E-state index in [1.54, 1.807) is 41.8 Å². The van der Waals surface area contributed by atoms with E-state index in [0.717, 1.165) is 31.9 Å². The summed E-state index contributed by atoms with van der Waals surface area (Å²) in [4.78, 5) is 41.3. The van der Waals surface area contributed by atoms with Gasteiger partial charge >= 0.3 is 5.76 Å². The Morgan fingerprint density at radius 3 is 2.18 bits per heavy atom. The highest BCUT2D eigenvalue weighted by atomic mass is 16.4. The highest BCUT2D eigenvalue weighted by molar-refractivity contribution is 6.10. The molecule has 1 aliphatic rings. The Balaban J connectivity index is 1.28. The number of aromatic nitrogens is 1. The molecular formula is C27H25N3O4. The van der Waals surface area contributed by atoms with Gasteiger partial charge in [0.25, 0.3) is 0 Å². The van der Waals surface area contributed by atoms with E-state index in [1.807, 2.05) is 42.5 Å². The minimum Gasteiger partial charge on any atom is -0.408 e. The molecule has 0 spiro atoms. The number of oxazole rings is 1. The average molecular weight is 456 g/mol. The Hall–Kier alpha value is -3.97. The number of carbonyl (C=O) groups excluding carboxylic acids is 2. The number of carbonyl (C=O) groups is 2. The Bertz CT molecular complexity index is 1400. The maximum Gasteiger partial charge on any atom is 0.421 e. The standard InChI is InChI=1S/C27H25N3O4/c1-19(31)20-7-10-23(11-8-20)29-15-13-28(14-16-29)18-30-24-12-9-22(17-25(24)34-27(30)33)26(32)21-5-3-2-4-6-21/h2-12,17H,13-16,18H2,1H3. The fourth-order valence-electron chi connectivity index (χ4n) is 4.35. The van der Waals surface area contributed by atoms with Gasteiger partial charge in [0.15, 0.2) is 17.1 Å². The fraction of sp³-hybridized carbons (Fsp3) is 0.222. The van der Waals surface area contributed by atoms with Crippen LogP contribution in [0, 0.1) is 0 Å². The van der Waals surface area contributed by atoms with Crippen molar-refractivity contribution >= 4 is 28.4 Å². The average Bonchev–Trinajstić information content (AvgIpc) is 3.18. The van der Waals surface area contributed by atoms with Crippen LogP contribution in [0.2, 0.25) is 0 Å². The molecule has 0 N–H and O–H groups in total. The van der Waals surface area contributed by atoms with Crippen molar-refractivity contribution in [1.82, 2.24) is 9.47 Å². The molecule has 1 fully saturated rings. The fourth-order valence-corrected chi connectivity index (χ4v) is 4.35. The molecule has 7 heteroatoms. The summed E-state index contributed by atoms with van der Waals surface area (Å²) in [5.74, 6) is -0.474. The Morgan fingerprint density at radius 1 is 0.824 bits per heavy atom. The first-order chi connectivity index (χ1) is 16.5. The minimum atomic E-state index is -0.429. The Morgan fingerprint density at radius 2 is 1.50 bits per heavy atom. The third kappa shape index (κ3) is 4.30. The van der Waals surface area contributed by atoms with Crippen LogP contribution in [0.25, 0.3) is 11.1 Å². The molecule has 0 bridgehead atoms. The molecule has 1 aromatic heterocycles. The summed E-state index contributed by atoms with van der Waals surface area (Å²) in [5.41, 5.74) is 3.97. The molecule has 5 rings (SSSR count). The lowest BCUT2D eigenvalue weighted by molar-refractivity contribution is 0.101. The monoisotopic (exact) mass is 455 g/mol. The lowest BCUT2D eigenvalue weighted by Gasteiger charge is -2.36. The van der Waals surface area contributed by atoms with E-state index in [2.05, 4.69) is 9.80 Å². The van der Waals surface area contributed by atoms with E-state index in [1.165, 1.54) is 0 Å². The number of fused-ring (bicyclic) bond motifs is 1.